The summed E-state index contributed by atoms with van der Waals surface area (Å²) < 4.78 is 1.20. The summed E-state index contributed by atoms with van der Waals surface area (Å²) in [6.45, 7) is 5.12. The number of thiophene rings is 1. The van der Waals surface area contributed by atoms with Crippen molar-refractivity contribution in [3.8, 4) is 0 Å². The normalized spacial score (nSPS) is 13.0. The van der Waals surface area contributed by atoms with E-state index in [1.807, 2.05) is 5.38 Å². The van der Waals surface area contributed by atoms with Crippen LogP contribution in [0.3, 0.4) is 0 Å². The van der Waals surface area contributed by atoms with Gasteiger partial charge in [-0.25, -0.2) is 0 Å². The SMILES string of the molecule is Cc1ccc2c(c1C)N(CCCCl)c1c(C=O)csc1S2. The molecule has 0 N–H and O–H groups in total. The van der Waals surface area contributed by atoms with Crippen molar-refractivity contribution >= 4 is 52.4 Å². The van der Waals surface area contributed by atoms with Crippen molar-refractivity contribution in [2.75, 3.05) is 17.3 Å². The fourth-order valence-electron chi connectivity index (χ4n) is 2.62. The highest BCUT2D eigenvalue weighted by atomic mass is 35.5. The van der Waals surface area contributed by atoms with Gasteiger partial charge in [0.25, 0.3) is 0 Å². The minimum absolute atomic E-state index is 0.625. The Labute approximate surface area is 138 Å². The molecule has 0 saturated carbocycles. The number of aldehydes is 1. The van der Waals surface area contributed by atoms with E-state index in [0.29, 0.717) is 5.88 Å². The Bertz CT molecular complexity index is 696. The molecule has 1 aromatic heterocycles. The molecule has 0 fully saturated rings. The number of nitrogens with zero attached hydrogens (tertiary/aromatic N) is 1. The summed E-state index contributed by atoms with van der Waals surface area (Å²) >= 11 is 9.30. The summed E-state index contributed by atoms with van der Waals surface area (Å²) in [5.41, 5.74) is 5.63. The highest BCUT2D eigenvalue weighted by molar-refractivity contribution is 8.01. The Morgan fingerprint density at radius 2 is 2.10 bits per heavy atom. The number of rotatable bonds is 4. The maximum Gasteiger partial charge on any atom is 0.153 e. The lowest BCUT2D eigenvalue weighted by Gasteiger charge is -2.33. The van der Waals surface area contributed by atoms with E-state index in [2.05, 4.69) is 30.9 Å². The van der Waals surface area contributed by atoms with Crippen LogP contribution in [0.4, 0.5) is 11.4 Å². The highest BCUT2D eigenvalue weighted by Crippen LogP contribution is 2.53. The van der Waals surface area contributed by atoms with Gasteiger partial charge in [-0.2, -0.15) is 0 Å². The van der Waals surface area contributed by atoms with Crippen molar-refractivity contribution in [3.63, 3.8) is 0 Å². The maximum atomic E-state index is 11.4. The zero-order valence-electron chi connectivity index (χ0n) is 12.0. The van der Waals surface area contributed by atoms with E-state index in [-0.39, 0.29) is 0 Å². The van der Waals surface area contributed by atoms with Crippen LogP contribution < -0.4 is 4.90 Å². The second-order valence-electron chi connectivity index (χ2n) is 5.10. The molecule has 2 aromatic rings. The van der Waals surface area contributed by atoms with Crippen LogP contribution in [-0.4, -0.2) is 18.7 Å². The predicted molar refractivity (Wildman–Crippen MR) is 92.1 cm³/mol. The smallest absolute Gasteiger partial charge is 0.153 e. The molecule has 0 aliphatic carbocycles. The number of benzene rings is 1. The molecule has 0 amide bonds. The molecule has 5 heteroatoms. The molecule has 0 atom stereocenters. The fraction of sp³-hybridized carbons (Fsp3) is 0.312. The number of anilines is 2. The van der Waals surface area contributed by atoms with E-state index in [1.54, 1.807) is 23.1 Å². The molecule has 3 rings (SSSR count). The molecule has 0 bridgehead atoms. The first-order valence-electron chi connectivity index (χ1n) is 6.85. The van der Waals surface area contributed by atoms with Gasteiger partial charge in [-0.3, -0.25) is 4.79 Å². The minimum atomic E-state index is 0.625. The lowest BCUT2D eigenvalue weighted by Crippen LogP contribution is -2.23. The standard InChI is InChI=1S/C16H16ClNOS2/c1-10-4-5-13-14(11(10)2)18(7-3-6-17)15-12(8-19)9-20-16(15)21-13/h4-5,8-9H,3,6-7H2,1-2H3. The molecule has 2 heterocycles. The van der Waals surface area contributed by atoms with Crippen LogP contribution in [0.2, 0.25) is 0 Å². The zero-order chi connectivity index (χ0) is 15.0. The largest absolute Gasteiger partial charge is 0.338 e. The van der Waals surface area contributed by atoms with Crippen molar-refractivity contribution < 1.29 is 4.79 Å². The van der Waals surface area contributed by atoms with E-state index in [0.717, 1.165) is 30.5 Å². The number of aryl methyl sites for hydroxylation is 1. The van der Waals surface area contributed by atoms with Crippen LogP contribution >= 0.6 is 34.7 Å². The molecule has 2 nitrogen and oxygen atoms in total. The minimum Gasteiger partial charge on any atom is -0.338 e. The Hall–Kier alpha value is -0.970. The van der Waals surface area contributed by atoms with Gasteiger partial charge in [-0.1, -0.05) is 17.8 Å². The summed E-state index contributed by atoms with van der Waals surface area (Å²) in [7, 11) is 0. The second-order valence-corrected chi connectivity index (χ2v) is 7.66. The van der Waals surface area contributed by atoms with Gasteiger partial charge in [0, 0.05) is 28.3 Å². The number of halogens is 1. The average Bonchev–Trinajstić information content (AvgIpc) is 2.90. The number of alkyl halides is 1. The van der Waals surface area contributed by atoms with Gasteiger partial charge >= 0.3 is 0 Å². The van der Waals surface area contributed by atoms with E-state index in [1.165, 1.54) is 25.9 Å². The number of fused-ring (bicyclic) bond motifs is 2. The Kier molecular flexibility index (Phi) is 4.29. The van der Waals surface area contributed by atoms with E-state index in [4.69, 9.17) is 11.6 Å². The molecule has 1 aromatic carbocycles. The topological polar surface area (TPSA) is 20.3 Å². The van der Waals surface area contributed by atoms with E-state index >= 15 is 0 Å². The summed E-state index contributed by atoms with van der Waals surface area (Å²) in [5.74, 6) is 0.625. The molecule has 21 heavy (non-hydrogen) atoms. The summed E-state index contributed by atoms with van der Waals surface area (Å²) in [4.78, 5) is 14.9. The average molecular weight is 338 g/mol. The van der Waals surface area contributed by atoms with Crippen molar-refractivity contribution in [1.29, 1.82) is 0 Å². The van der Waals surface area contributed by atoms with Crippen LogP contribution in [0, 0.1) is 13.8 Å². The van der Waals surface area contributed by atoms with Crippen LogP contribution in [0.25, 0.3) is 0 Å². The van der Waals surface area contributed by atoms with Crippen LogP contribution in [0.5, 0.6) is 0 Å². The fourth-order valence-corrected chi connectivity index (χ4v) is 5.10. The van der Waals surface area contributed by atoms with Crippen LogP contribution in [0.1, 0.15) is 27.9 Å². The summed E-state index contributed by atoms with van der Waals surface area (Å²) in [6.07, 6.45) is 1.85. The van der Waals surface area contributed by atoms with Gasteiger partial charge in [0.1, 0.15) is 0 Å². The lowest BCUT2D eigenvalue weighted by atomic mass is 10.1. The van der Waals surface area contributed by atoms with Gasteiger partial charge in [0.05, 0.1) is 15.6 Å². The van der Waals surface area contributed by atoms with Gasteiger partial charge in [0.2, 0.25) is 0 Å². The quantitative estimate of drug-likeness (QED) is 0.549. The Morgan fingerprint density at radius 1 is 1.29 bits per heavy atom. The first kappa shape index (κ1) is 14.9. The number of hydrogen-bond donors (Lipinski definition) is 0. The second kappa shape index (κ2) is 6.03. The molecule has 0 unspecified atom stereocenters. The van der Waals surface area contributed by atoms with Crippen LogP contribution in [0.15, 0.2) is 26.6 Å². The van der Waals surface area contributed by atoms with Crippen molar-refractivity contribution in [2.45, 2.75) is 29.4 Å². The predicted octanol–water partition coefficient (Wildman–Crippen LogP) is 5.41. The molecular weight excluding hydrogens is 322 g/mol. The summed E-state index contributed by atoms with van der Waals surface area (Å²) in [6, 6.07) is 4.35. The molecule has 0 saturated heterocycles. The Balaban J connectivity index is 2.18. The third-order valence-corrected chi connectivity index (χ3v) is 6.32. The Morgan fingerprint density at radius 3 is 2.81 bits per heavy atom. The molecule has 0 spiro atoms. The van der Waals surface area contributed by atoms with Crippen molar-refractivity contribution in [2.24, 2.45) is 0 Å². The molecule has 1 aliphatic heterocycles. The van der Waals surface area contributed by atoms with Gasteiger partial charge < -0.3 is 4.90 Å². The van der Waals surface area contributed by atoms with E-state index in [9.17, 15) is 4.79 Å². The third-order valence-electron chi connectivity index (χ3n) is 3.81. The van der Waals surface area contributed by atoms with Gasteiger partial charge in [-0.05, 0) is 37.5 Å². The van der Waals surface area contributed by atoms with Gasteiger partial charge in [-0.15, -0.1) is 22.9 Å². The molecule has 1 aliphatic rings. The van der Waals surface area contributed by atoms with Crippen molar-refractivity contribution in [3.05, 3.63) is 34.2 Å². The highest BCUT2D eigenvalue weighted by Gasteiger charge is 2.28. The van der Waals surface area contributed by atoms with Gasteiger partial charge in [0.15, 0.2) is 6.29 Å². The van der Waals surface area contributed by atoms with Crippen LogP contribution in [-0.2, 0) is 0 Å². The first-order valence-corrected chi connectivity index (χ1v) is 9.08. The third kappa shape index (κ3) is 2.50. The molecule has 0 radical (unpaired) electrons. The molecule has 110 valence electrons. The lowest BCUT2D eigenvalue weighted by molar-refractivity contribution is 0.112. The number of hydrogen-bond acceptors (Lipinski definition) is 4. The summed E-state index contributed by atoms with van der Waals surface area (Å²) in [5, 5.41) is 1.95. The molecular formula is C16H16ClNOS2. The maximum absolute atomic E-state index is 11.4. The van der Waals surface area contributed by atoms with E-state index < -0.39 is 0 Å². The first-order chi connectivity index (χ1) is 10.2. The number of carbonyl (C=O) groups excluding carboxylic acids is 1. The monoisotopic (exact) mass is 337 g/mol. The number of carbonyl (C=O) groups is 1. The zero-order valence-corrected chi connectivity index (χ0v) is 14.4. The van der Waals surface area contributed by atoms with Crippen molar-refractivity contribution in [1.82, 2.24) is 0 Å².